The molecule has 0 bridgehead atoms. The van der Waals surface area contributed by atoms with Crippen LogP contribution in [-0.2, 0) is 8.88 Å². The van der Waals surface area contributed by atoms with Crippen LogP contribution >= 0.6 is 25.9 Å². The maximum absolute atomic E-state index is 11.1. The molecule has 3 N–H and O–H groups in total. The van der Waals surface area contributed by atoms with E-state index in [9.17, 15) is 9.46 Å². The second-order valence-corrected chi connectivity index (χ2v) is 9.35. The van der Waals surface area contributed by atoms with E-state index in [1.807, 2.05) is 0 Å². The number of nitrogens with zero attached hydrogens (tertiary/aromatic N) is 1. The molecule has 6 nitrogen and oxygen atoms in total. The molecule has 1 atom stereocenters. The van der Waals surface area contributed by atoms with Crippen LogP contribution in [0.4, 0.5) is 5.69 Å². The molecular weight excluding hydrogens is 332 g/mol. The summed E-state index contributed by atoms with van der Waals surface area (Å²) in [6, 6.07) is 17.1. The van der Waals surface area contributed by atoms with Crippen LogP contribution in [0.5, 0.6) is 0 Å². The third-order valence-electron chi connectivity index (χ3n) is 2.18. The van der Waals surface area contributed by atoms with Gasteiger partial charge in [0.25, 0.3) is 6.71 Å². The van der Waals surface area contributed by atoms with Crippen LogP contribution in [0.15, 0.2) is 70.3 Å². The summed E-state index contributed by atoms with van der Waals surface area (Å²) in [6.45, 7) is -3.76. The Morgan fingerprint density at radius 1 is 0.905 bits per heavy atom. The summed E-state index contributed by atoms with van der Waals surface area (Å²) in [4.78, 5) is 29.0. The highest BCUT2D eigenvalue weighted by atomic mass is 32.7. The molecule has 0 aliphatic heterocycles. The van der Waals surface area contributed by atoms with Gasteiger partial charge < -0.3 is 14.7 Å². The van der Waals surface area contributed by atoms with Crippen LogP contribution in [0, 0.1) is 0 Å². The van der Waals surface area contributed by atoms with E-state index >= 15 is 0 Å². The summed E-state index contributed by atoms with van der Waals surface area (Å²) in [5.74, 6) is 0. The highest BCUT2D eigenvalue weighted by Gasteiger charge is 2.30. The third-order valence-corrected chi connectivity index (χ3v) is 7.28. The normalized spacial score (nSPS) is 14.4. The van der Waals surface area contributed by atoms with Gasteiger partial charge in [-0.1, -0.05) is 36.4 Å². The van der Waals surface area contributed by atoms with Crippen LogP contribution in [0.2, 0.25) is 0 Å². The van der Waals surface area contributed by atoms with Crippen LogP contribution in [0.1, 0.15) is 0 Å². The van der Waals surface area contributed by atoms with Gasteiger partial charge in [0.15, 0.2) is 0 Å². The SMILES string of the molecule is O=P(O)(O)OP(O)(=Nc1ccccc1)Sc1ccccc1. The lowest BCUT2D eigenvalue weighted by atomic mass is 10.3. The zero-order chi connectivity index (χ0) is 15.3. The Bertz CT molecular complexity index is 689. The average Bonchev–Trinajstić information content (AvgIpc) is 2.38. The molecule has 9 heteroatoms. The molecule has 2 aromatic rings. The van der Waals surface area contributed by atoms with Crippen molar-refractivity contribution in [3.8, 4) is 0 Å². The predicted molar refractivity (Wildman–Crippen MR) is 83.1 cm³/mol. The lowest BCUT2D eigenvalue weighted by molar-refractivity contribution is 0.283. The van der Waals surface area contributed by atoms with Gasteiger partial charge in [-0.05, 0) is 35.6 Å². The second-order valence-electron chi connectivity index (χ2n) is 3.90. The fourth-order valence-electron chi connectivity index (χ4n) is 1.45. The quantitative estimate of drug-likeness (QED) is 0.704. The van der Waals surface area contributed by atoms with Crippen molar-refractivity contribution < 1.29 is 23.6 Å². The van der Waals surface area contributed by atoms with Gasteiger partial charge in [-0.15, -0.1) is 0 Å². The summed E-state index contributed by atoms with van der Waals surface area (Å²) >= 11 is 0.798. The fourth-order valence-corrected chi connectivity index (χ4v) is 6.54. The molecule has 0 aromatic heterocycles. The van der Waals surface area contributed by atoms with Crippen molar-refractivity contribution in [1.82, 2.24) is 0 Å². The molecule has 1 unspecified atom stereocenters. The van der Waals surface area contributed by atoms with Crippen LogP contribution in [0.3, 0.4) is 0 Å². The highest BCUT2D eigenvalue weighted by Crippen LogP contribution is 2.70. The van der Waals surface area contributed by atoms with Gasteiger partial charge in [-0.2, -0.15) is 0 Å². The lowest BCUT2D eigenvalue weighted by Crippen LogP contribution is -1.85. The van der Waals surface area contributed by atoms with E-state index in [2.05, 4.69) is 9.06 Å². The third kappa shape index (κ3) is 5.77. The number of phosphoric acid groups is 1. The van der Waals surface area contributed by atoms with Gasteiger partial charge in [-0.3, -0.25) is 0 Å². The van der Waals surface area contributed by atoms with Crippen LogP contribution in [0.25, 0.3) is 0 Å². The molecule has 2 aromatic carbocycles. The molecule has 112 valence electrons. The van der Waals surface area contributed by atoms with Crippen molar-refractivity contribution in [1.29, 1.82) is 0 Å². The van der Waals surface area contributed by atoms with Crippen molar-refractivity contribution in [2.45, 2.75) is 4.90 Å². The highest BCUT2D eigenvalue weighted by molar-refractivity contribution is 8.56. The summed E-state index contributed by atoms with van der Waals surface area (Å²) in [5, 5.41) is 0. The van der Waals surface area contributed by atoms with Crippen molar-refractivity contribution >= 4 is 31.6 Å². The van der Waals surface area contributed by atoms with Gasteiger partial charge in [0, 0.05) is 4.90 Å². The zero-order valence-corrected chi connectivity index (χ0v) is 13.3. The molecule has 0 radical (unpaired) electrons. The molecule has 0 amide bonds. The Morgan fingerprint density at radius 3 is 1.95 bits per heavy atom. The summed E-state index contributed by atoms with van der Waals surface area (Å²) < 4.78 is 19.6. The van der Waals surface area contributed by atoms with E-state index in [0.717, 1.165) is 11.4 Å². The lowest BCUT2D eigenvalue weighted by Gasteiger charge is -2.17. The zero-order valence-electron chi connectivity index (χ0n) is 10.7. The Labute approximate surface area is 126 Å². The Balaban J connectivity index is 2.39. The van der Waals surface area contributed by atoms with Crippen molar-refractivity contribution in [3.05, 3.63) is 60.7 Å². The number of benzene rings is 2. The minimum atomic E-state index is -4.88. The van der Waals surface area contributed by atoms with Crippen molar-refractivity contribution in [2.75, 3.05) is 0 Å². The molecule has 0 saturated carbocycles. The van der Waals surface area contributed by atoms with Crippen LogP contribution in [-0.4, -0.2) is 14.7 Å². The smallest absolute Gasteiger partial charge is 0.331 e. The topological polar surface area (TPSA) is 99.4 Å². The van der Waals surface area contributed by atoms with Crippen LogP contribution < -0.4 is 0 Å². The minimum absolute atomic E-state index is 0.380. The molecule has 0 fully saturated rings. The standard InChI is InChI=1S/C12H13NO5P2S/c14-19(18-20(15,16)17,13-11-7-3-1-4-8-11)21-12-9-5-2-6-10-12/h1-10,14H,(H2,15,16,17). The molecule has 0 heterocycles. The first-order valence-corrected chi connectivity index (χ1v) is 10.3. The molecule has 2 rings (SSSR count). The first-order valence-electron chi connectivity index (χ1n) is 5.78. The Kier molecular flexibility index (Phi) is 5.41. The van der Waals surface area contributed by atoms with E-state index in [1.54, 1.807) is 60.7 Å². The van der Waals surface area contributed by atoms with Gasteiger partial charge >= 0.3 is 7.82 Å². The first kappa shape index (κ1) is 16.5. The van der Waals surface area contributed by atoms with Gasteiger partial charge in [0.2, 0.25) is 0 Å². The summed E-state index contributed by atoms with van der Waals surface area (Å²) in [5.41, 5.74) is 0.380. The average molecular weight is 345 g/mol. The Morgan fingerprint density at radius 2 is 1.43 bits per heavy atom. The molecule has 0 spiro atoms. The molecule has 0 saturated heterocycles. The molecule has 0 aliphatic carbocycles. The monoisotopic (exact) mass is 345 g/mol. The second kappa shape index (κ2) is 6.90. The number of hydrogen-bond acceptors (Lipinski definition) is 4. The van der Waals surface area contributed by atoms with E-state index in [4.69, 9.17) is 9.79 Å². The summed E-state index contributed by atoms with van der Waals surface area (Å²) in [6.07, 6.45) is 0. The Hall–Kier alpha value is -0.910. The van der Waals surface area contributed by atoms with E-state index in [-0.39, 0.29) is 0 Å². The minimum Gasteiger partial charge on any atom is -0.331 e. The van der Waals surface area contributed by atoms with E-state index in [1.165, 1.54) is 0 Å². The summed E-state index contributed by atoms with van der Waals surface area (Å²) in [7, 11) is -4.88. The maximum atomic E-state index is 11.1. The van der Waals surface area contributed by atoms with Gasteiger partial charge in [0.05, 0.1) is 5.69 Å². The molecule has 0 aliphatic rings. The molecular formula is C12H13NO5P2S. The van der Waals surface area contributed by atoms with Gasteiger partial charge in [-0.25, -0.2) is 13.6 Å². The van der Waals surface area contributed by atoms with E-state index in [0.29, 0.717) is 10.6 Å². The maximum Gasteiger partial charge on any atom is 0.476 e. The predicted octanol–water partition coefficient (Wildman–Crippen LogP) is 4.16. The van der Waals surface area contributed by atoms with Gasteiger partial charge in [0.1, 0.15) is 0 Å². The first-order chi connectivity index (χ1) is 9.86. The van der Waals surface area contributed by atoms with Crippen molar-refractivity contribution in [2.24, 2.45) is 4.74 Å². The number of hydrogen-bond donors (Lipinski definition) is 3. The number of rotatable bonds is 5. The van der Waals surface area contributed by atoms with E-state index < -0.39 is 14.5 Å². The largest absolute Gasteiger partial charge is 0.476 e. The van der Waals surface area contributed by atoms with Crippen molar-refractivity contribution in [3.63, 3.8) is 0 Å². The molecule has 21 heavy (non-hydrogen) atoms. The fraction of sp³-hybridized carbons (Fsp3) is 0.